The fourth-order valence-electron chi connectivity index (χ4n) is 5.98. The molecule has 3 aliphatic rings. The Kier molecular flexibility index (Phi) is 5.85. The fraction of sp³-hybridized carbons (Fsp3) is 0.519. The van der Waals surface area contributed by atoms with Crippen LogP contribution < -0.4 is 5.32 Å². The number of rotatable bonds is 4. The van der Waals surface area contributed by atoms with Crippen LogP contribution in [0, 0.1) is 0 Å². The zero-order chi connectivity index (χ0) is 21.3. The average molecular weight is 418 g/mol. The summed E-state index contributed by atoms with van der Waals surface area (Å²) in [5, 5.41) is 3.52. The Labute approximate surface area is 186 Å². The van der Waals surface area contributed by atoms with Crippen molar-refractivity contribution in [1.82, 2.24) is 15.1 Å². The number of hydrogen-bond donors (Lipinski definition) is 1. The van der Waals surface area contributed by atoms with E-state index in [1.165, 1.54) is 23.1 Å². The molecule has 1 unspecified atom stereocenters. The smallest absolute Gasteiger partial charge is 0.231 e. The molecule has 1 amide bonds. The number of carbonyl (C=O) groups excluding carboxylic acids is 1. The maximum atomic E-state index is 13.8. The van der Waals surface area contributed by atoms with Crippen molar-refractivity contribution < 1.29 is 4.79 Å². The van der Waals surface area contributed by atoms with Crippen LogP contribution in [0.5, 0.6) is 0 Å². The Morgan fingerprint density at radius 3 is 2.26 bits per heavy atom. The Morgan fingerprint density at radius 1 is 0.935 bits per heavy atom. The second-order valence-corrected chi connectivity index (χ2v) is 9.89. The first kappa shape index (κ1) is 20.7. The van der Waals surface area contributed by atoms with Crippen molar-refractivity contribution in [3.63, 3.8) is 0 Å². The number of likely N-dealkylation sites (tertiary alicyclic amines) is 2. The van der Waals surface area contributed by atoms with Gasteiger partial charge in [0.05, 0.1) is 5.41 Å². The van der Waals surface area contributed by atoms with Gasteiger partial charge in [0.1, 0.15) is 0 Å². The molecular weight excluding hydrogens is 382 g/mol. The molecule has 2 fully saturated rings. The minimum atomic E-state index is -0.389. The second-order valence-electron chi connectivity index (χ2n) is 9.89. The minimum absolute atomic E-state index is 0.244. The summed E-state index contributed by atoms with van der Waals surface area (Å²) < 4.78 is 0. The van der Waals surface area contributed by atoms with E-state index in [1.807, 2.05) is 6.07 Å². The first-order valence-corrected chi connectivity index (χ1v) is 12.0. The third-order valence-electron chi connectivity index (χ3n) is 7.94. The van der Waals surface area contributed by atoms with Gasteiger partial charge in [-0.3, -0.25) is 9.69 Å². The summed E-state index contributed by atoms with van der Waals surface area (Å²) in [7, 11) is 2.16. The van der Waals surface area contributed by atoms with Crippen molar-refractivity contribution >= 4 is 5.91 Å². The van der Waals surface area contributed by atoms with Crippen LogP contribution >= 0.6 is 0 Å². The highest BCUT2D eigenvalue weighted by atomic mass is 16.2. The van der Waals surface area contributed by atoms with Gasteiger partial charge in [0.2, 0.25) is 5.91 Å². The second kappa shape index (κ2) is 8.76. The van der Waals surface area contributed by atoms with E-state index in [1.54, 1.807) is 0 Å². The normalized spacial score (nSPS) is 24.6. The number of fused-ring (bicyclic) bond motifs is 1. The Bertz CT molecular complexity index is 879. The molecule has 0 bridgehead atoms. The molecule has 2 aromatic carbocycles. The van der Waals surface area contributed by atoms with Crippen molar-refractivity contribution in [2.75, 3.05) is 33.2 Å². The van der Waals surface area contributed by atoms with Crippen molar-refractivity contribution in [1.29, 1.82) is 0 Å². The van der Waals surface area contributed by atoms with Crippen LogP contribution in [0.4, 0.5) is 0 Å². The molecule has 2 aromatic rings. The van der Waals surface area contributed by atoms with E-state index >= 15 is 0 Å². The molecular formula is C27H35N3O. The quantitative estimate of drug-likeness (QED) is 0.828. The van der Waals surface area contributed by atoms with Crippen molar-refractivity contribution in [3.05, 3.63) is 71.3 Å². The molecule has 1 aliphatic carbocycles. The molecule has 5 rings (SSSR count). The molecule has 2 heterocycles. The van der Waals surface area contributed by atoms with Crippen molar-refractivity contribution in [2.45, 2.75) is 56.0 Å². The van der Waals surface area contributed by atoms with E-state index in [9.17, 15) is 4.79 Å². The predicted octanol–water partition coefficient (Wildman–Crippen LogP) is 3.40. The van der Waals surface area contributed by atoms with E-state index in [4.69, 9.17) is 0 Å². The third-order valence-corrected chi connectivity index (χ3v) is 7.94. The first-order chi connectivity index (χ1) is 15.1. The summed E-state index contributed by atoms with van der Waals surface area (Å²) in [5.41, 5.74) is 3.81. The van der Waals surface area contributed by atoms with Gasteiger partial charge >= 0.3 is 0 Å². The zero-order valence-electron chi connectivity index (χ0n) is 18.7. The van der Waals surface area contributed by atoms with Gasteiger partial charge in [-0.1, -0.05) is 54.6 Å². The number of piperidine rings is 2. The third kappa shape index (κ3) is 4.16. The minimum Gasteiger partial charge on any atom is -0.351 e. The molecule has 1 atom stereocenters. The number of amides is 1. The maximum Gasteiger partial charge on any atom is 0.231 e. The molecule has 2 saturated heterocycles. The Morgan fingerprint density at radius 2 is 1.58 bits per heavy atom. The van der Waals surface area contributed by atoms with Crippen LogP contribution in [-0.4, -0.2) is 61.0 Å². The summed E-state index contributed by atoms with van der Waals surface area (Å²) in [6.45, 7) is 4.08. The number of benzene rings is 2. The summed E-state index contributed by atoms with van der Waals surface area (Å²) in [6, 6.07) is 20.2. The summed E-state index contributed by atoms with van der Waals surface area (Å²) >= 11 is 0. The van der Waals surface area contributed by atoms with Crippen LogP contribution in [0.25, 0.3) is 0 Å². The maximum absolute atomic E-state index is 13.8. The lowest BCUT2D eigenvalue weighted by molar-refractivity contribution is -0.129. The molecule has 164 valence electrons. The van der Waals surface area contributed by atoms with Gasteiger partial charge in [-0.15, -0.1) is 0 Å². The van der Waals surface area contributed by atoms with E-state index < -0.39 is 0 Å². The number of carbonyl (C=O) groups is 1. The van der Waals surface area contributed by atoms with E-state index in [2.05, 4.69) is 70.7 Å². The molecule has 0 saturated carbocycles. The fourth-order valence-corrected chi connectivity index (χ4v) is 5.98. The molecule has 4 nitrogen and oxygen atoms in total. The van der Waals surface area contributed by atoms with Gasteiger partial charge in [-0.25, -0.2) is 0 Å². The monoisotopic (exact) mass is 417 g/mol. The highest BCUT2D eigenvalue weighted by molar-refractivity contribution is 5.88. The Hall–Kier alpha value is -2.17. The van der Waals surface area contributed by atoms with Crippen LogP contribution in [0.1, 0.15) is 42.4 Å². The van der Waals surface area contributed by atoms with Crippen LogP contribution in [-0.2, 0) is 23.1 Å². The summed E-state index contributed by atoms with van der Waals surface area (Å²) in [4.78, 5) is 18.7. The van der Waals surface area contributed by atoms with Crippen LogP contribution in [0.15, 0.2) is 54.6 Å². The highest BCUT2D eigenvalue weighted by Crippen LogP contribution is 2.36. The number of hydrogen-bond acceptors (Lipinski definition) is 3. The standard InChI is InChI=1S/C27H35N3O/c1-29-16-13-27(14-17-29,23-10-3-2-4-11-23)26(31)28-24-12-7-15-30(20-24)25-18-21-8-5-6-9-22(21)19-25/h2-6,8-11,24-25H,7,12-20H2,1H3,(H,28,31). The molecule has 4 heteroatoms. The number of nitrogens with one attached hydrogen (secondary N) is 1. The van der Waals surface area contributed by atoms with E-state index in [0.29, 0.717) is 6.04 Å². The SMILES string of the molecule is CN1CCC(C(=O)NC2CCCN(C3Cc4ccccc4C3)C2)(c2ccccc2)CC1. The average Bonchev–Trinajstić information content (AvgIpc) is 3.25. The number of nitrogens with zero attached hydrogens (tertiary/aromatic N) is 2. The Balaban J connectivity index is 1.28. The molecule has 1 N–H and O–H groups in total. The van der Waals surface area contributed by atoms with Gasteiger partial charge in [-0.05, 0) is 81.9 Å². The topological polar surface area (TPSA) is 35.6 Å². The molecule has 31 heavy (non-hydrogen) atoms. The van der Waals surface area contributed by atoms with Gasteiger partial charge in [0, 0.05) is 18.6 Å². The first-order valence-electron chi connectivity index (χ1n) is 12.0. The zero-order valence-corrected chi connectivity index (χ0v) is 18.7. The summed E-state index contributed by atoms with van der Waals surface area (Å²) in [5.74, 6) is 0.244. The largest absolute Gasteiger partial charge is 0.351 e. The van der Waals surface area contributed by atoms with Gasteiger partial charge in [-0.2, -0.15) is 0 Å². The predicted molar refractivity (Wildman–Crippen MR) is 125 cm³/mol. The lowest BCUT2D eigenvalue weighted by Crippen LogP contribution is -2.57. The molecule has 0 aromatic heterocycles. The molecule has 0 radical (unpaired) electrons. The van der Waals surface area contributed by atoms with Crippen LogP contribution in [0.2, 0.25) is 0 Å². The molecule has 0 spiro atoms. The lowest BCUT2D eigenvalue weighted by atomic mass is 9.72. The van der Waals surface area contributed by atoms with Crippen LogP contribution in [0.3, 0.4) is 0 Å². The van der Waals surface area contributed by atoms with Gasteiger partial charge in [0.25, 0.3) is 0 Å². The lowest BCUT2D eigenvalue weighted by Gasteiger charge is -2.42. The van der Waals surface area contributed by atoms with Crippen molar-refractivity contribution in [2.24, 2.45) is 0 Å². The van der Waals surface area contributed by atoms with Gasteiger partial charge in [0.15, 0.2) is 0 Å². The van der Waals surface area contributed by atoms with Crippen molar-refractivity contribution in [3.8, 4) is 0 Å². The van der Waals surface area contributed by atoms with Gasteiger partial charge < -0.3 is 10.2 Å². The summed E-state index contributed by atoms with van der Waals surface area (Å²) in [6.07, 6.45) is 6.35. The molecule has 2 aliphatic heterocycles. The van der Waals surface area contributed by atoms with E-state index in [-0.39, 0.29) is 17.4 Å². The van der Waals surface area contributed by atoms with E-state index in [0.717, 1.165) is 58.3 Å². The highest BCUT2D eigenvalue weighted by Gasteiger charge is 2.43.